The number of hydrogen-bond acceptors (Lipinski definition) is 4. The zero-order chi connectivity index (χ0) is 20.5. The summed E-state index contributed by atoms with van der Waals surface area (Å²) in [5.41, 5.74) is 5.48. The molecule has 0 fully saturated rings. The number of benzene rings is 1. The van der Waals surface area contributed by atoms with Crippen LogP contribution < -0.4 is 4.90 Å². The monoisotopic (exact) mass is 388 g/mol. The highest BCUT2D eigenvalue weighted by molar-refractivity contribution is 5.94. The predicted octanol–water partition coefficient (Wildman–Crippen LogP) is 4.48. The molecular formula is C24H28N4O. The van der Waals surface area contributed by atoms with Gasteiger partial charge in [0, 0.05) is 42.9 Å². The number of amides is 1. The zero-order valence-corrected chi connectivity index (χ0v) is 17.2. The summed E-state index contributed by atoms with van der Waals surface area (Å²) < 4.78 is 0. The summed E-state index contributed by atoms with van der Waals surface area (Å²) in [6.45, 7) is 4.83. The molecule has 2 aromatic heterocycles. The predicted molar refractivity (Wildman–Crippen MR) is 116 cm³/mol. The largest absolute Gasteiger partial charge is 0.312 e. The minimum Gasteiger partial charge on any atom is -0.312 e. The maximum atomic E-state index is 13.2. The van der Waals surface area contributed by atoms with Crippen LogP contribution in [0.25, 0.3) is 0 Å². The van der Waals surface area contributed by atoms with Crippen molar-refractivity contribution in [2.75, 3.05) is 11.4 Å². The lowest BCUT2D eigenvalue weighted by Gasteiger charge is -2.26. The van der Waals surface area contributed by atoms with E-state index in [4.69, 9.17) is 0 Å². The normalized spacial score (nSPS) is 10.7. The van der Waals surface area contributed by atoms with Gasteiger partial charge in [-0.15, -0.1) is 0 Å². The number of para-hydroxylation sites is 1. The maximum Gasteiger partial charge on any atom is 0.227 e. The van der Waals surface area contributed by atoms with Gasteiger partial charge in [-0.3, -0.25) is 9.78 Å². The Hall–Kier alpha value is -3.08. The summed E-state index contributed by atoms with van der Waals surface area (Å²) in [5, 5.41) is 0. The molecule has 3 aromatic rings. The van der Waals surface area contributed by atoms with Gasteiger partial charge < -0.3 is 4.90 Å². The van der Waals surface area contributed by atoms with Gasteiger partial charge in [0.15, 0.2) is 0 Å². The minimum absolute atomic E-state index is 0.175. The van der Waals surface area contributed by atoms with E-state index in [1.165, 1.54) is 5.56 Å². The maximum absolute atomic E-state index is 13.2. The Morgan fingerprint density at radius 3 is 2.45 bits per heavy atom. The molecule has 150 valence electrons. The van der Waals surface area contributed by atoms with Crippen molar-refractivity contribution in [3.05, 3.63) is 83.7 Å². The van der Waals surface area contributed by atoms with Gasteiger partial charge in [0.2, 0.25) is 5.91 Å². The van der Waals surface area contributed by atoms with Crippen molar-refractivity contribution in [2.24, 2.45) is 0 Å². The van der Waals surface area contributed by atoms with Crippen LogP contribution in [0.1, 0.15) is 41.6 Å². The first-order valence-electron chi connectivity index (χ1n) is 10.2. The van der Waals surface area contributed by atoms with Crippen LogP contribution in [-0.4, -0.2) is 27.4 Å². The first-order valence-corrected chi connectivity index (χ1v) is 10.2. The first-order chi connectivity index (χ1) is 14.1. The standard InChI is InChI=1S/C24H28N4O/c1-19-7-3-8-20(2)24(19)28(16-6-11-22-13-15-26-18-27-22)23(29)12-4-9-21-10-5-14-25-17-21/h3,5,7-8,10,13-15,17-18H,4,6,9,11-12,16H2,1-2H3. The quantitative estimate of drug-likeness (QED) is 0.542. The topological polar surface area (TPSA) is 59.0 Å². The highest BCUT2D eigenvalue weighted by Gasteiger charge is 2.19. The summed E-state index contributed by atoms with van der Waals surface area (Å²) in [4.78, 5) is 27.5. The van der Waals surface area contributed by atoms with Gasteiger partial charge in [-0.2, -0.15) is 0 Å². The van der Waals surface area contributed by atoms with E-state index in [0.29, 0.717) is 13.0 Å². The molecule has 2 heterocycles. The lowest BCUT2D eigenvalue weighted by atomic mass is 10.1. The van der Waals surface area contributed by atoms with Crippen molar-refractivity contribution in [1.82, 2.24) is 15.0 Å². The van der Waals surface area contributed by atoms with Gasteiger partial charge in [0.05, 0.1) is 0 Å². The number of hydrogen-bond donors (Lipinski definition) is 0. The molecule has 0 N–H and O–H groups in total. The van der Waals surface area contributed by atoms with E-state index in [1.807, 2.05) is 29.3 Å². The molecule has 1 aromatic carbocycles. The minimum atomic E-state index is 0.175. The molecule has 0 saturated heterocycles. The lowest BCUT2D eigenvalue weighted by Crippen LogP contribution is -2.33. The van der Waals surface area contributed by atoms with E-state index in [-0.39, 0.29) is 5.91 Å². The van der Waals surface area contributed by atoms with E-state index in [2.05, 4.69) is 47.0 Å². The molecule has 3 rings (SSSR count). The molecule has 0 aliphatic carbocycles. The van der Waals surface area contributed by atoms with Gasteiger partial charge in [0.25, 0.3) is 0 Å². The average Bonchev–Trinajstić information content (AvgIpc) is 2.74. The third-order valence-corrected chi connectivity index (χ3v) is 5.05. The summed E-state index contributed by atoms with van der Waals surface area (Å²) >= 11 is 0. The number of rotatable bonds is 9. The fraction of sp³-hybridized carbons (Fsp3) is 0.333. The third kappa shape index (κ3) is 5.95. The molecule has 5 heteroatoms. The zero-order valence-electron chi connectivity index (χ0n) is 17.2. The SMILES string of the molecule is Cc1cccc(C)c1N(CCCc1ccncn1)C(=O)CCCc1cccnc1. The smallest absolute Gasteiger partial charge is 0.227 e. The Morgan fingerprint density at radius 2 is 1.76 bits per heavy atom. The molecule has 0 atom stereocenters. The Morgan fingerprint density at radius 1 is 0.931 bits per heavy atom. The molecule has 0 unspecified atom stereocenters. The number of carbonyl (C=O) groups is 1. The van der Waals surface area contributed by atoms with E-state index in [1.54, 1.807) is 18.7 Å². The summed E-state index contributed by atoms with van der Waals surface area (Å²) in [6, 6.07) is 12.1. The summed E-state index contributed by atoms with van der Waals surface area (Å²) in [5.74, 6) is 0.175. The molecule has 0 radical (unpaired) electrons. The van der Waals surface area contributed by atoms with Crippen LogP contribution in [0.15, 0.2) is 61.3 Å². The average molecular weight is 389 g/mol. The molecule has 0 spiro atoms. The van der Waals surface area contributed by atoms with Crippen molar-refractivity contribution >= 4 is 11.6 Å². The highest BCUT2D eigenvalue weighted by atomic mass is 16.2. The second-order valence-corrected chi connectivity index (χ2v) is 7.30. The van der Waals surface area contributed by atoms with Crippen LogP contribution in [0.4, 0.5) is 5.69 Å². The van der Waals surface area contributed by atoms with Crippen molar-refractivity contribution in [3.63, 3.8) is 0 Å². The van der Waals surface area contributed by atoms with E-state index in [9.17, 15) is 4.79 Å². The number of carbonyl (C=O) groups excluding carboxylic acids is 1. The van der Waals surface area contributed by atoms with Crippen LogP contribution in [0.2, 0.25) is 0 Å². The molecular weight excluding hydrogens is 360 g/mol. The van der Waals surface area contributed by atoms with Crippen LogP contribution in [0, 0.1) is 13.8 Å². The summed E-state index contributed by atoms with van der Waals surface area (Å²) in [7, 11) is 0. The van der Waals surface area contributed by atoms with Crippen LogP contribution >= 0.6 is 0 Å². The Labute approximate surface area is 172 Å². The van der Waals surface area contributed by atoms with Crippen molar-refractivity contribution in [1.29, 1.82) is 0 Å². The number of nitrogens with zero attached hydrogens (tertiary/aromatic N) is 4. The van der Waals surface area contributed by atoms with Crippen LogP contribution in [-0.2, 0) is 17.6 Å². The second kappa shape index (κ2) is 10.5. The van der Waals surface area contributed by atoms with E-state index in [0.717, 1.165) is 48.2 Å². The van der Waals surface area contributed by atoms with Gasteiger partial charge in [-0.25, -0.2) is 9.97 Å². The number of aryl methyl sites for hydroxylation is 4. The molecule has 1 amide bonds. The van der Waals surface area contributed by atoms with Gasteiger partial charge >= 0.3 is 0 Å². The lowest BCUT2D eigenvalue weighted by molar-refractivity contribution is -0.118. The molecule has 29 heavy (non-hydrogen) atoms. The highest BCUT2D eigenvalue weighted by Crippen LogP contribution is 2.26. The first kappa shape index (κ1) is 20.6. The van der Waals surface area contributed by atoms with E-state index < -0.39 is 0 Å². The van der Waals surface area contributed by atoms with Crippen molar-refractivity contribution < 1.29 is 4.79 Å². The number of aromatic nitrogens is 3. The van der Waals surface area contributed by atoms with Crippen LogP contribution in [0.3, 0.4) is 0 Å². The molecule has 5 nitrogen and oxygen atoms in total. The third-order valence-electron chi connectivity index (χ3n) is 5.05. The van der Waals surface area contributed by atoms with Crippen molar-refractivity contribution in [2.45, 2.75) is 46.0 Å². The number of anilines is 1. The molecule has 0 aliphatic rings. The Balaban J connectivity index is 1.67. The van der Waals surface area contributed by atoms with E-state index >= 15 is 0 Å². The van der Waals surface area contributed by atoms with Crippen molar-refractivity contribution in [3.8, 4) is 0 Å². The Kier molecular flexibility index (Phi) is 7.45. The molecule has 0 saturated carbocycles. The fourth-order valence-electron chi connectivity index (χ4n) is 3.60. The number of pyridine rings is 1. The molecule has 0 bridgehead atoms. The Bertz CT molecular complexity index is 892. The van der Waals surface area contributed by atoms with Gasteiger partial charge in [0.1, 0.15) is 6.33 Å². The molecule has 0 aliphatic heterocycles. The second-order valence-electron chi connectivity index (χ2n) is 7.30. The van der Waals surface area contributed by atoms with Crippen LogP contribution in [0.5, 0.6) is 0 Å². The summed E-state index contributed by atoms with van der Waals surface area (Å²) in [6.07, 6.45) is 10.9. The fourth-order valence-corrected chi connectivity index (χ4v) is 3.60. The van der Waals surface area contributed by atoms with Gasteiger partial charge in [-0.05, 0) is 68.4 Å². The van der Waals surface area contributed by atoms with Gasteiger partial charge in [-0.1, -0.05) is 24.3 Å².